The standard InChI is InChI=1S/C21H27ClN4.HI/c1-23-21(25(2)16-18-8-6-7-11-20(18)22)24-14-17-12-13-26(15-17)19-9-4-3-5-10-19;/h3-11,17H,12-16H2,1-2H3,(H,23,24);1H. The summed E-state index contributed by atoms with van der Waals surface area (Å²) in [7, 11) is 3.87. The van der Waals surface area contributed by atoms with Crippen LogP contribution >= 0.6 is 35.6 Å². The van der Waals surface area contributed by atoms with Crippen LogP contribution in [-0.4, -0.2) is 44.6 Å². The second-order valence-corrected chi connectivity index (χ2v) is 7.22. The van der Waals surface area contributed by atoms with Crippen LogP contribution in [0.15, 0.2) is 59.6 Å². The van der Waals surface area contributed by atoms with Crippen molar-refractivity contribution in [2.24, 2.45) is 10.9 Å². The quantitative estimate of drug-likeness (QED) is 0.374. The zero-order valence-electron chi connectivity index (χ0n) is 15.9. The number of hydrogen-bond donors (Lipinski definition) is 1. The first-order chi connectivity index (χ1) is 12.7. The minimum Gasteiger partial charge on any atom is -0.371 e. The topological polar surface area (TPSA) is 30.9 Å². The molecule has 1 saturated heterocycles. The van der Waals surface area contributed by atoms with Gasteiger partial charge in [0, 0.05) is 51.0 Å². The van der Waals surface area contributed by atoms with Gasteiger partial charge in [-0.25, -0.2) is 0 Å². The van der Waals surface area contributed by atoms with Crippen molar-refractivity contribution in [3.8, 4) is 0 Å². The minimum absolute atomic E-state index is 0. The SMILES string of the molecule is CN=C(NCC1CCN(c2ccccc2)C1)N(C)Cc1ccccc1Cl.I. The third-order valence-electron chi connectivity index (χ3n) is 4.89. The average molecular weight is 499 g/mol. The number of benzene rings is 2. The predicted octanol–water partition coefficient (Wildman–Crippen LogP) is 4.49. The van der Waals surface area contributed by atoms with Gasteiger partial charge in [0.2, 0.25) is 0 Å². The molecule has 2 aromatic carbocycles. The normalized spacial score (nSPS) is 16.8. The first-order valence-corrected chi connectivity index (χ1v) is 9.50. The number of para-hydroxylation sites is 1. The van der Waals surface area contributed by atoms with Gasteiger partial charge in [-0.15, -0.1) is 24.0 Å². The van der Waals surface area contributed by atoms with Crippen LogP contribution in [0.5, 0.6) is 0 Å². The van der Waals surface area contributed by atoms with Gasteiger partial charge >= 0.3 is 0 Å². The van der Waals surface area contributed by atoms with Crippen molar-refractivity contribution < 1.29 is 0 Å². The summed E-state index contributed by atoms with van der Waals surface area (Å²) in [5.41, 5.74) is 2.42. The minimum atomic E-state index is 0. The Kier molecular flexibility index (Phi) is 8.70. The van der Waals surface area contributed by atoms with Crippen LogP contribution in [0.2, 0.25) is 5.02 Å². The van der Waals surface area contributed by atoms with Gasteiger partial charge < -0.3 is 15.1 Å². The molecule has 1 atom stereocenters. The Labute approximate surface area is 184 Å². The predicted molar refractivity (Wildman–Crippen MR) is 126 cm³/mol. The number of nitrogens with one attached hydrogen (secondary N) is 1. The smallest absolute Gasteiger partial charge is 0.193 e. The molecule has 146 valence electrons. The summed E-state index contributed by atoms with van der Waals surface area (Å²) in [6, 6.07) is 18.6. The van der Waals surface area contributed by atoms with Crippen LogP contribution in [0.1, 0.15) is 12.0 Å². The number of guanidine groups is 1. The Morgan fingerprint density at radius 2 is 1.89 bits per heavy atom. The molecule has 1 unspecified atom stereocenters. The molecule has 0 saturated carbocycles. The molecule has 0 aromatic heterocycles. The van der Waals surface area contributed by atoms with Gasteiger partial charge in [0.15, 0.2) is 5.96 Å². The van der Waals surface area contributed by atoms with Gasteiger partial charge in [0.05, 0.1) is 0 Å². The maximum Gasteiger partial charge on any atom is 0.193 e. The van der Waals surface area contributed by atoms with Gasteiger partial charge in [0.1, 0.15) is 0 Å². The van der Waals surface area contributed by atoms with E-state index in [2.05, 4.69) is 56.5 Å². The van der Waals surface area contributed by atoms with E-state index >= 15 is 0 Å². The van der Waals surface area contributed by atoms with Crippen molar-refractivity contribution in [2.75, 3.05) is 38.6 Å². The molecule has 2 aromatic rings. The summed E-state index contributed by atoms with van der Waals surface area (Å²) in [5, 5.41) is 4.32. The Morgan fingerprint density at radius 3 is 2.59 bits per heavy atom. The molecule has 1 N–H and O–H groups in total. The third-order valence-corrected chi connectivity index (χ3v) is 5.26. The zero-order valence-corrected chi connectivity index (χ0v) is 19.0. The summed E-state index contributed by atoms with van der Waals surface area (Å²) >= 11 is 6.28. The lowest BCUT2D eigenvalue weighted by atomic mass is 10.1. The molecule has 1 heterocycles. The van der Waals surface area contributed by atoms with E-state index in [9.17, 15) is 0 Å². The largest absolute Gasteiger partial charge is 0.371 e. The van der Waals surface area contributed by atoms with E-state index in [-0.39, 0.29) is 24.0 Å². The number of hydrogen-bond acceptors (Lipinski definition) is 2. The number of aliphatic imine (C=N–C) groups is 1. The molecule has 0 radical (unpaired) electrons. The number of anilines is 1. The fourth-order valence-electron chi connectivity index (χ4n) is 3.45. The third kappa shape index (κ3) is 6.01. The summed E-state index contributed by atoms with van der Waals surface area (Å²) < 4.78 is 0. The lowest BCUT2D eigenvalue weighted by Gasteiger charge is -2.24. The average Bonchev–Trinajstić information content (AvgIpc) is 3.14. The molecular formula is C21H28ClIN4. The van der Waals surface area contributed by atoms with Gasteiger partial charge in [0.25, 0.3) is 0 Å². The molecule has 27 heavy (non-hydrogen) atoms. The fraction of sp³-hybridized carbons (Fsp3) is 0.381. The zero-order chi connectivity index (χ0) is 18.4. The number of nitrogens with zero attached hydrogens (tertiary/aromatic N) is 3. The highest BCUT2D eigenvalue weighted by atomic mass is 127. The molecule has 4 nitrogen and oxygen atoms in total. The molecule has 0 spiro atoms. The van der Waals surface area contributed by atoms with Crippen molar-refractivity contribution in [3.05, 3.63) is 65.2 Å². The fourth-order valence-corrected chi connectivity index (χ4v) is 3.65. The van der Waals surface area contributed by atoms with Crippen LogP contribution in [0.25, 0.3) is 0 Å². The van der Waals surface area contributed by atoms with Crippen LogP contribution in [0, 0.1) is 5.92 Å². The Balaban J connectivity index is 0.00000261. The molecule has 0 bridgehead atoms. The van der Waals surface area contributed by atoms with Gasteiger partial charge in [-0.05, 0) is 36.1 Å². The second-order valence-electron chi connectivity index (χ2n) is 6.81. The molecule has 0 aliphatic carbocycles. The van der Waals surface area contributed by atoms with Gasteiger partial charge in [-0.3, -0.25) is 4.99 Å². The maximum absolute atomic E-state index is 6.28. The molecule has 3 rings (SSSR count). The van der Waals surface area contributed by atoms with E-state index in [0.29, 0.717) is 5.92 Å². The van der Waals surface area contributed by atoms with Crippen molar-refractivity contribution in [2.45, 2.75) is 13.0 Å². The highest BCUT2D eigenvalue weighted by Gasteiger charge is 2.23. The molecule has 1 fully saturated rings. The van der Waals surface area contributed by atoms with E-state index in [4.69, 9.17) is 11.6 Å². The van der Waals surface area contributed by atoms with Crippen LogP contribution in [-0.2, 0) is 6.54 Å². The van der Waals surface area contributed by atoms with Gasteiger partial charge in [-0.1, -0.05) is 48.0 Å². The summed E-state index contributed by atoms with van der Waals surface area (Å²) in [5.74, 6) is 1.53. The molecule has 6 heteroatoms. The lowest BCUT2D eigenvalue weighted by Crippen LogP contribution is -2.41. The van der Waals surface area contributed by atoms with Crippen molar-refractivity contribution in [1.29, 1.82) is 0 Å². The van der Waals surface area contributed by atoms with Crippen molar-refractivity contribution in [1.82, 2.24) is 10.2 Å². The molecule has 0 amide bonds. The first-order valence-electron chi connectivity index (χ1n) is 9.12. The van der Waals surface area contributed by atoms with Crippen molar-refractivity contribution >= 4 is 47.2 Å². The van der Waals surface area contributed by atoms with Crippen LogP contribution in [0.4, 0.5) is 5.69 Å². The lowest BCUT2D eigenvalue weighted by molar-refractivity contribution is 0.463. The Morgan fingerprint density at radius 1 is 1.19 bits per heavy atom. The second kappa shape index (κ2) is 10.8. The maximum atomic E-state index is 6.28. The van der Waals surface area contributed by atoms with Crippen molar-refractivity contribution in [3.63, 3.8) is 0 Å². The van der Waals surface area contributed by atoms with E-state index in [0.717, 1.165) is 42.7 Å². The Hall–Kier alpha value is -1.47. The van der Waals surface area contributed by atoms with E-state index < -0.39 is 0 Å². The van der Waals surface area contributed by atoms with E-state index in [1.807, 2.05) is 32.3 Å². The molecule has 1 aliphatic rings. The summed E-state index contributed by atoms with van der Waals surface area (Å²) in [6.07, 6.45) is 1.20. The summed E-state index contributed by atoms with van der Waals surface area (Å²) in [4.78, 5) is 9.00. The highest BCUT2D eigenvalue weighted by Crippen LogP contribution is 2.23. The van der Waals surface area contributed by atoms with Gasteiger partial charge in [-0.2, -0.15) is 0 Å². The monoisotopic (exact) mass is 498 g/mol. The van der Waals surface area contributed by atoms with E-state index in [1.165, 1.54) is 12.1 Å². The molecule has 1 aliphatic heterocycles. The van der Waals surface area contributed by atoms with Crippen LogP contribution < -0.4 is 10.2 Å². The number of halogens is 2. The molecular weight excluding hydrogens is 471 g/mol. The Bertz CT molecular complexity index is 738. The summed E-state index contributed by atoms with van der Waals surface area (Å²) in [6.45, 7) is 3.87. The first kappa shape index (κ1) is 21.8. The van der Waals surface area contributed by atoms with E-state index in [1.54, 1.807) is 0 Å². The van der Waals surface area contributed by atoms with Crippen LogP contribution in [0.3, 0.4) is 0 Å². The number of rotatable bonds is 5. The highest BCUT2D eigenvalue weighted by molar-refractivity contribution is 14.0.